The van der Waals surface area contributed by atoms with E-state index < -0.39 is 0 Å². The first-order chi connectivity index (χ1) is 30.5. The van der Waals surface area contributed by atoms with Crippen LogP contribution < -0.4 is 0 Å². The molecule has 0 unspecified atom stereocenters. The summed E-state index contributed by atoms with van der Waals surface area (Å²) in [5, 5.41) is 2.38. The molecule has 7 aromatic carbocycles. The maximum atomic E-state index is 5.43. The highest BCUT2D eigenvalue weighted by atomic mass is 15.0. The van der Waals surface area contributed by atoms with Gasteiger partial charge in [0, 0.05) is 44.2 Å². The summed E-state index contributed by atoms with van der Waals surface area (Å²) in [6, 6.07) is 63.4. The molecule has 0 amide bonds. The SMILES string of the molecule is CC(C)(C)c1ccc2c3ccc(C(C)(C)C)cc3n(-c3ccc(-c4nc(-c5ccccc5)nc(-c5ccccc5)n4)cc3-c3nc(-c4ccccc4)cc(-c4ccccc4)n3)c2c1. The number of rotatable bonds is 7. The highest BCUT2D eigenvalue weighted by molar-refractivity contribution is 6.10. The van der Waals surface area contributed by atoms with Crippen LogP contribution in [0.3, 0.4) is 0 Å². The van der Waals surface area contributed by atoms with E-state index in [0.717, 1.165) is 61.5 Å². The molecule has 0 aliphatic carbocycles. The highest BCUT2D eigenvalue weighted by Crippen LogP contribution is 2.41. The lowest BCUT2D eigenvalue weighted by atomic mass is 9.86. The monoisotopic (exact) mass is 816 g/mol. The Labute approximate surface area is 369 Å². The Morgan fingerprint density at radius 2 is 0.730 bits per heavy atom. The first-order valence-corrected chi connectivity index (χ1v) is 21.6. The number of nitrogens with zero attached hydrogens (tertiary/aromatic N) is 6. The molecule has 0 spiro atoms. The number of hydrogen-bond donors (Lipinski definition) is 0. The zero-order chi connectivity index (χ0) is 43.3. The Kier molecular flexibility index (Phi) is 9.87. The second-order valence-electron chi connectivity index (χ2n) is 18.3. The van der Waals surface area contributed by atoms with Crippen LogP contribution in [0.2, 0.25) is 0 Å². The van der Waals surface area contributed by atoms with Gasteiger partial charge in [-0.05, 0) is 58.4 Å². The van der Waals surface area contributed by atoms with E-state index in [1.54, 1.807) is 0 Å². The maximum Gasteiger partial charge on any atom is 0.164 e. The van der Waals surface area contributed by atoms with E-state index in [2.05, 4.69) is 155 Å². The zero-order valence-electron chi connectivity index (χ0n) is 36.5. The molecule has 0 N–H and O–H groups in total. The molecule has 3 aromatic heterocycles. The molecule has 306 valence electrons. The molecule has 10 aromatic rings. The van der Waals surface area contributed by atoms with E-state index >= 15 is 0 Å². The van der Waals surface area contributed by atoms with Gasteiger partial charge in [-0.2, -0.15) is 0 Å². The van der Waals surface area contributed by atoms with Crippen LogP contribution in [0, 0.1) is 0 Å². The van der Waals surface area contributed by atoms with E-state index in [9.17, 15) is 0 Å². The van der Waals surface area contributed by atoms with Crippen LogP contribution in [0.1, 0.15) is 52.7 Å². The maximum absolute atomic E-state index is 5.43. The van der Waals surface area contributed by atoms with Gasteiger partial charge >= 0.3 is 0 Å². The second kappa shape index (κ2) is 15.7. The molecule has 3 heterocycles. The fourth-order valence-corrected chi connectivity index (χ4v) is 8.28. The van der Waals surface area contributed by atoms with Crippen molar-refractivity contribution in [2.24, 2.45) is 0 Å². The number of fused-ring (bicyclic) bond motifs is 3. The molecule has 0 bridgehead atoms. The minimum atomic E-state index is -0.0674. The molecule has 0 saturated heterocycles. The number of benzene rings is 7. The van der Waals surface area contributed by atoms with Gasteiger partial charge < -0.3 is 4.57 Å². The third-order valence-corrected chi connectivity index (χ3v) is 11.8. The van der Waals surface area contributed by atoms with Gasteiger partial charge in [0.05, 0.1) is 28.1 Å². The molecule has 10 rings (SSSR count). The van der Waals surface area contributed by atoms with Crippen molar-refractivity contribution in [3.05, 3.63) is 193 Å². The van der Waals surface area contributed by atoms with Crippen molar-refractivity contribution in [2.45, 2.75) is 52.4 Å². The molecule has 6 nitrogen and oxygen atoms in total. The van der Waals surface area contributed by atoms with Crippen LogP contribution >= 0.6 is 0 Å². The predicted octanol–water partition coefficient (Wildman–Crippen LogP) is 14.4. The van der Waals surface area contributed by atoms with Crippen LogP contribution in [0.4, 0.5) is 0 Å². The molecule has 0 aliphatic rings. The number of hydrogen-bond acceptors (Lipinski definition) is 5. The molecule has 63 heavy (non-hydrogen) atoms. The molecular weight excluding hydrogens is 769 g/mol. The minimum Gasteiger partial charge on any atom is -0.308 e. The normalized spacial score (nSPS) is 12.0. The van der Waals surface area contributed by atoms with Crippen molar-refractivity contribution in [1.82, 2.24) is 29.5 Å². The topological polar surface area (TPSA) is 69.4 Å². The second-order valence-corrected chi connectivity index (χ2v) is 18.3. The first-order valence-electron chi connectivity index (χ1n) is 21.6. The standard InChI is InChI=1S/C57H48N6/c1-56(2,3)42-28-30-44-45-31-29-43(57(4,5)6)35-51(45)63(50(44)34-42)49-32-27-41(54-61-52(39-23-15-9-16-24-39)60-53(62-54)40-25-17-10-18-26-40)33-46(49)55-58-47(37-19-11-7-12-20-37)36-48(59-55)38-21-13-8-14-22-38/h7-36H,1-6H3. The van der Waals surface area contributed by atoms with E-state index in [4.69, 9.17) is 24.9 Å². The fraction of sp³-hybridized carbons (Fsp3) is 0.140. The molecule has 6 heteroatoms. The van der Waals surface area contributed by atoms with E-state index in [1.165, 1.54) is 21.9 Å². The lowest BCUT2D eigenvalue weighted by molar-refractivity contribution is 0.591. The van der Waals surface area contributed by atoms with Crippen LogP contribution in [-0.2, 0) is 10.8 Å². The summed E-state index contributed by atoms with van der Waals surface area (Å²) in [5.41, 5.74) is 12.8. The van der Waals surface area contributed by atoms with Crippen molar-refractivity contribution < 1.29 is 0 Å². The smallest absolute Gasteiger partial charge is 0.164 e. The Hall–Kier alpha value is -7.57. The molecule has 0 fully saturated rings. The average molecular weight is 817 g/mol. The van der Waals surface area contributed by atoms with Gasteiger partial charge in [0.25, 0.3) is 0 Å². The molecule has 0 radical (unpaired) electrons. The minimum absolute atomic E-state index is 0.0674. The molecule has 0 atom stereocenters. The van der Waals surface area contributed by atoms with Crippen molar-refractivity contribution in [3.8, 4) is 73.8 Å². The van der Waals surface area contributed by atoms with Crippen molar-refractivity contribution in [3.63, 3.8) is 0 Å². The van der Waals surface area contributed by atoms with Gasteiger partial charge in [0.15, 0.2) is 23.3 Å². The molecule has 0 saturated carbocycles. The lowest BCUT2D eigenvalue weighted by Gasteiger charge is -2.21. The Morgan fingerprint density at radius 3 is 1.14 bits per heavy atom. The summed E-state index contributed by atoms with van der Waals surface area (Å²) in [4.78, 5) is 26.2. The Balaban J connectivity index is 1.31. The zero-order valence-corrected chi connectivity index (χ0v) is 36.5. The summed E-state index contributed by atoms with van der Waals surface area (Å²) < 4.78 is 2.42. The van der Waals surface area contributed by atoms with Crippen LogP contribution in [-0.4, -0.2) is 29.5 Å². The highest BCUT2D eigenvalue weighted by Gasteiger charge is 2.24. The third-order valence-electron chi connectivity index (χ3n) is 11.8. The van der Waals surface area contributed by atoms with Crippen molar-refractivity contribution >= 4 is 21.8 Å². The first kappa shape index (κ1) is 39.6. The quantitative estimate of drug-likeness (QED) is 0.160. The summed E-state index contributed by atoms with van der Waals surface area (Å²) in [6.45, 7) is 13.6. The molecular formula is C57H48N6. The summed E-state index contributed by atoms with van der Waals surface area (Å²) in [5.74, 6) is 2.36. The summed E-state index contributed by atoms with van der Waals surface area (Å²) in [6.07, 6.45) is 0. The van der Waals surface area contributed by atoms with Gasteiger partial charge in [-0.3, -0.25) is 0 Å². The number of aromatic nitrogens is 6. The summed E-state index contributed by atoms with van der Waals surface area (Å²) >= 11 is 0. The molecule has 0 aliphatic heterocycles. The van der Waals surface area contributed by atoms with Gasteiger partial charge in [0.1, 0.15) is 0 Å². The van der Waals surface area contributed by atoms with Gasteiger partial charge in [-0.1, -0.05) is 187 Å². The summed E-state index contributed by atoms with van der Waals surface area (Å²) in [7, 11) is 0. The van der Waals surface area contributed by atoms with Crippen LogP contribution in [0.25, 0.3) is 95.6 Å². The van der Waals surface area contributed by atoms with E-state index in [1.807, 2.05) is 72.8 Å². The van der Waals surface area contributed by atoms with Crippen LogP contribution in [0.5, 0.6) is 0 Å². The average Bonchev–Trinajstić information content (AvgIpc) is 3.64. The van der Waals surface area contributed by atoms with E-state index in [-0.39, 0.29) is 10.8 Å². The van der Waals surface area contributed by atoms with Gasteiger partial charge in [-0.15, -0.1) is 0 Å². The van der Waals surface area contributed by atoms with Crippen LogP contribution in [0.15, 0.2) is 182 Å². The Morgan fingerprint density at radius 1 is 0.333 bits per heavy atom. The lowest BCUT2D eigenvalue weighted by Crippen LogP contribution is -2.11. The van der Waals surface area contributed by atoms with Gasteiger partial charge in [0.2, 0.25) is 0 Å². The van der Waals surface area contributed by atoms with Gasteiger partial charge in [-0.25, -0.2) is 24.9 Å². The predicted molar refractivity (Wildman–Crippen MR) is 260 cm³/mol. The van der Waals surface area contributed by atoms with Crippen molar-refractivity contribution in [1.29, 1.82) is 0 Å². The Bertz CT molecular complexity index is 3080. The largest absolute Gasteiger partial charge is 0.308 e. The van der Waals surface area contributed by atoms with Crippen molar-refractivity contribution in [2.75, 3.05) is 0 Å². The third kappa shape index (κ3) is 7.70. The van der Waals surface area contributed by atoms with E-state index in [0.29, 0.717) is 23.3 Å². The fourth-order valence-electron chi connectivity index (χ4n) is 8.28.